The van der Waals surface area contributed by atoms with Crippen molar-refractivity contribution in [3.05, 3.63) is 64.7 Å². The summed E-state index contributed by atoms with van der Waals surface area (Å²) in [6, 6.07) is 11.0. The van der Waals surface area contributed by atoms with Gasteiger partial charge in [-0.25, -0.2) is 0 Å². The number of hydrogen-bond acceptors (Lipinski definition) is 3. The van der Waals surface area contributed by atoms with Crippen LogP contribution in [0.25, 0.3) is 0 Å². The molecule has 2 aromatic carbocycles. The van der Waals surface area contributed by atoms with Gasteiger partial charge in [0, 0.05) is 28.9 Å². The van der Waals surface area contributed by atoms with E-state index >= 15 is 0 Å². The van der Waals surface area contributed by atoms with E-state index in [4.69, 9.17) is 0 Å². The van der Waals surface area contributed by atoms with Gasteiger partial charge in [0.15, 0.2) is 11.6 Å². The van der Waals surface area contributed by atoms with Crippen LogP contribution in [0.4, 0.5) is 18.9 Å². The first-order chi connectivity index (χ1) is 10.9. The number of carbonyl (C=O) groups excluding carboxylic acids is 2. The molecule has 0 saturated heterocycles. The molecule has 2 aromatic rings. The van der Waals surface area contributed by atoms with Gasteiger partial charge in [0.2, 0.25) is 0 Å². The third-order valence-corrected chi connectivity index (χ3v) is 3.68. The number of ketones is 2. The number of alkyl halides is 3. The Balaban J connectivity index is 1.98. The van der Waals surface area contributed by atoms with E-state index < -0.39 is 12.6 Å². The van der Waals surface area contributed by atoms with Crippen LogP contribution in [0.3, 0.4) is 0 Å². The van der Waals surface area contributed by atoms with Gasteiger partial charge in [-0.1, -0.05) is 36.4 Å². The number of rotatable bonds is 3. The van der Waals surface area contributed by atoms with E-state index in [0.717, 1.165) is 0 Å². The van der Waals surface area contributed by atoms with Gasteiger partial charge in [0.25, 0.3) is 0 Å². The summed E-state index contributed by atoms with van der Waals surface area (Å²) in [5.41, 5.74) is 1.19. The summed E-state index contributed by atoms with van der Waals surface area (Å²) in [6.07, 6.45) is -5.30. The first-order valence-corrected chi connectivity index (χ1v) is 7.00. The smallest absolute Gasteiger partial charge is 0.384 e. The third kappa shape index (κ3) is 2.84. The van der Waals surface area contributed by atoms with Crippen LogP contribution in [0.1, 0.15) is 38.3 Å². The average Bonchev–Trinajstić information content (AvgIpc) is 2.51. The van der Waals surface area contributed by atoms with E-state index in [-0.39, 0.29) is 40.5 Å². The minimum absolute atomic E-state index is 0.137. The van der Waals surface area contributed by atoms with Crippen molar-refractivity contribution in [1.29, 1.82) is 0 Å². The fraction of sp³-hybridized carbons (Fsp3) is 0.176. The van der Waals surface area contributed by atoms with Crippen molar-refractivity contribution >= 4 is 17.3 Å². The molecule has 0 fully saturated rings. The quantitative estimate of drug-likeness (QED) is 0.798. The van der Waals surface area contributed by atoms with Crippen LogP contribution >= 0.6 is 0 Å². The highest BCUT2D eigenvalue weighted by atomic mass is 19.4. The van der Waals surface area contributed by atoms with Gasteiger partial charge in [-0.15, -0.1) is 0 Å². The minimum Gasteiger partial charge on any atom is -0.384 e. The molecule has 6 heteroatoms. The molecule has 0 heterocycles. The highest BCUT2D eigenvalue weighted by Gasteiger charge is 2.32. The predicted molar refractivity (Wildman–Crippen MR) is 78.9 cm³/mol. The Morgan fingerprint density at radius 3 is 2.09 bits per heavy atom. The van der Waals surface area contributed by atoms with E-state index in [1.165, 1.54) is 12.1 Å². The first-order valence-electron chi connectivity index (χ1n) is 7.00. The van der Waals surface area contributed by atoms with E-state index in [0.29, 0.717) is 5.56 Å². The number of nitrogens with one attached hydrogen (secondary N) is 1. The molecule has 0 saturated carbocycles. The van der Waals surface area contributed by atoms with Gasteiger partial charge >= 0.3 is 6.18 Å². The summed E-state index contributed by atoms with van der Waals surface area (Å²) in [4.78, 5) is 25.1. The Bertz CT molecular complexity index is 797. The number of carbonyl (C=O) groups is 2. The van der Waals surface area contributed by atoms with Crippen molar-refractivity contribution < 1.29 is 22.8 Å². The van der Waals surface area contributed by atoms with Crippen LogP contribution in [0.2, 0.25) is 0 Å². The van der Waals surface area contributed by atoms with Crippen molar-refractivity contribution in [3.63, 3.8) is 0 Å². The van der Waals surface area contributed by atoms with Crippen LogP contribution in [-0.4, -0.2) is 24.3 Å². The third-order valence-electron chi connectivity index (χ3n) is 3.68. The van der Waals surface area contributed by atoms with E-state index in [1.54, 1.807) is 30.3 Å². The number of benzene rings is 2. The van der Waals surface area contributed by atoms with Gasteiger partial charge in [0.05, 0.1) is 12.0 Å². The van der Waals surface area contributed by atoms with Crippen molar-refractivity contribution in [3.8, 4) is 0 Å². The predicted octanol–water partition coefficient (Wildman–Crippen LogP) is 3.83. The fourth-order valence-corrected chi connectivity index (χ4v) is 2.63. The van der Waals surface area contributed by atoms with E-state index in [2.05, 4.69) is 5.32 Å². The van der Waals surface area contributed by atoms with E-state index in [1.807, 2.05) is 0 Å². The van der Waals surface area contributed by atoms with Crippen molar-refractivity contribution in [2.45, 2.75) is 12.6 Å². The Morgan fingerprint density at radius 1 is 0.826 bits per heavy atom. The minimum atomic E-state index is -4.28. The summed E-state index contributed by atoms with van der Waals surface area (Å²) in [5.74, 6) is -0.653. The van der Waals surface area contributed by atoms with Crippen molar-refractivity contribution in [2.75, 3.05) is 11.9 Å². The zero-order chi connectivity index (χ0) is 16.6. The monoisotopic (exact) mass is 319 g/mol. The second-order valence-corrected chi connectivity index (χ2v) is 5.22. The number of fused-ring (bicyclic) bond motifs is 2. The summed E-state index contributed by atoms with van der Waals surface area (Å²) < 4.78 is 36.8. The zero-order valence-electron chi connectivity index (χ0n) is 11.9. The van der Waals surface area contributed by atoms with Crippen LogP contribution < -0.4 is 5.32 Å². The van der Waals surface area contributed by atoms with Gasteiger partial charge in [0.1, 0.15) is 0 Å². The zero-order valence-corrected chi connectivity index (χ0v) is 11.9. The van der Waals surface area contributed by atoms with Crippen molar-refractivity contribution in [2.24, 2.45) is 0 Å². The first kappa shape index (κ1) is 15.3. The summed E-state index contributed by atoms with van der Waals surface area (Å²) in [5, 5.41) is 2.62. The fourth-order valence-electron chi connectivity index (χ4n) is 2.63. The molecule has 1 N–H and O–H groups in total. The Labute approximate surface area is 130 Å². The lowest BCUT2D eigenvalue weighted by Crippen LogP contribution is -2.23. The summed E-state index contributed by atoms with van der Waals surface area (Å²) in [7, 11) is 0. The van der Waals surface area contributed by atoms with Gasteiger partial charge in [-0.05, 0) is 6.07 Å². The normalized spacial score (nSPS) is 13.5. The molecule has 0 radical (unpaired) electrons. The average molecular weight is 319 g/mol. The molecule has 3 rings (SSSR count). The van der Waals surface area contributed by atoms with Crippen LogP contribution in [-0.2, 0) is 0 Å². The van der Waals surface area contributed by atoms with Crippen LogP contribution in [0, 0.1) is 0 Å². The molecule has 0 spiro atoms. The van der Waals surface area contributed by atoms with Gasteiger partial charge in [-0.2, -0.15) is 13.2 Å². The SMILES string of the molecule is O=C1c2ccccc2C(=O)c2c(NCCC(F)(F)F)cccc21. The van der Waals surface area contributed by atoms with Crippen molar-refractivity contribution in [1.82, 2.24) is 0 Å². The summed E-state index contributed by atoms with van der Waals surface area (Å²) >= 11 is 0. The second-order valence-electron chi connectivity index (χ2n) is 5.22. The molecular formula is C17H12F3NO2. The Morgan fingerprint density at radius 2 is 1.43 bits per heavy atom. The Hall–Kier alpha value is -2.63. The second kappa shape index (κ2) is 5.53. The van der Waals surface area contributed by atoms with Crippen LogP contribution in [0.5, 0.6) is 0 Å². The molecule has 0 aliphatic heterocycles. The van der Waals surface area contributed by atoms with Crippen LogP contribution in [0.15, 0.2) is 42.5 Å². The molecule has 0 amide bonds. The molecular weight excluding hydrogens is 307 g/mol. The van der Waals surface area contributed by atoms with Gasteiger partial charge < -0.3 is 5.32 Å². The molecule has 0 aromatic heterocycles. The maximum Gasteiger partial charge on any atom is 0.390 e. The molecule has 23 heavy (non-hydrogen) atoms. The number of anilines is 1. The molecule has 0 atom stereocenters. The topological polar surface area (TPSA) is 46.2 Å². The lowest BCUT2D eigenvalue weighted by molar-refractivity contribution is -0.131. The largest absolute Gasteiger partial charge is 0.390 e. The molecule has 1 aliphatic rings. The number of hydrogen-bond donors (Lipinski definition) is 1. The molecule has 118 valence electrons. The molecule has 3 nitrogen and oxygen atoms in total. The molecule has 0 bridgehead atoms. The lowest BCUT2D eigenvalue weighted by Gasteiger charge is -2.20. The number of halogens is 3. The lowest BCUT2D eigenvalue weighted by atomic mass is 9.83. The standard InChI is InChI=1S/C17H12F3NO2/c18-17(19,20)8-9-21-13-7-3-6-12-14(13)16(23)11-5-2-1-4-10(11)15(12)22/h1-7,21H,8-9H2. The van der Waals surface area contributed by atoms with E-state index in [9.17, 15) is 22.8 Å². The highest BCUT2D eigenvalue weighted by Crippen LogP contribution is 2.32. The summed E-state index contributed by atoms with van der Waals surface area (Å²) in [6.45, 7) is -0.358. The molecule has 0 unspecified atom stereocenters. The maximum atomic E-state index is 12.6. The Kier molecular flexibility index (Phi) is 3.67. The highest BCUT2D eigenvalue weighted by molar-refractivity contribution is 6.30. The molecule has 1 aliphatic carbocycles. The van der Waals surface area contributed by atoms with Gasteiger partial charge in [-0.3, -0.25) is 9.59 Å². The maximum absolute atomic E-state index is 12.6.